The number of ketones is 1. The van der Waals surface area contributed by atoms with Crippen LogP contribution in [0.15, 0.2) is 53.7 Å². The number of carbonyl (C=O) groups is 2. The van der Waals surface area contributed by atoms with Crippen molar-refractivity contribution in [2.24, 2.45) is 0 Å². The Morgan fingerprint density at radius 2 is 1.88 bits per heavy atom. The highest BCUT2D eigenvalue weighted by molar-refractivity contribution is 6.06. The third-order valence-electron chi connectivity index (χ3n) is 6.17. The largest absolute Gasteiger partial charge is 0.493 e. The molecule has 1 aliphatic carbocycles. The lowest BCUT2D eigenvalue weighted by Crippen LogP contribution is -2.38. The molecule has 0 radical (unpaired) electrons. The Morgan fingerprint density at radius 1 is 1.09 bits per heavy atom. The molecular formula is C26H30N2O4. The Kier molecular flexibility index (Phi) is 6.49. The minimum atomic E-state index is -0.530. The zero-order chi connectivity index (χ0) is 22.7. The van der Waals surface area contributed by atoms with Gasteiger partial charge in [-0.25, -0.2) is 0 Å². The maximum absolute atomic E-state index is 13.6. The number of hydrogen-bond donors (Lipinski definition) is 1. The van der Waals surface area contributed by atoms with Crippen LogP contribution in [0.2, 0.25) is 0 Å². The molecule has 0 aromatic heterocycles. The van der Waals surface area contributed by atoms with Crippen LogP contribution in [0.1, 0.15) is 57.1 Å². The molecule has 0 bridgehead atoms. The molecule has 4 rings (SSSR count). The number of carbonyl (C=O) groups excluding carboxylic acids is 2. The van der Waals surface area contributed by atoms with Gasteiger partial charge >= 0.3 is 0 Å². The number of unbranched alkanes of at least 4 members (excludes halogenated alkanes) is 1. The van der Waals surface area contributed by atoms with Gasteiger partial charge < -0.3 is 14.8 Å². The molecule has 6 nitrogen and oxygen atoms in total. The molecule has 0 unspecified atom stereocenters. The summed E-state index contributed by atoms with van der Waals surface area (Å²) < 4.78 is 11.0. The summed E-state index contributed by atoms with van der Waals surface area (Å²) in [6, 6.07) is 12.9. The van der Waals surface area contributed by atoms with Gasteiger partial charge in [-0.15, -0.1) is 0 Å². The van der Waals surface area contributed by atoms with Crippen LogP contribution in [0.4, 0.5) is 11.4 Å². The van der Waals surface area contributed by atoms with Crippen molar-refractivity contribution in [3.8, 4) is 11.5 Å². The smallest absolute Gasteiger partial charge is 0.227 e. The van der Waals surface area contributed by atoms with Crippen molar-refractivity contribution in [1.29, 1.82) is 0 Å². The lowest BCUT2D eigenvalue weighted by molar-refractivity contribution is -0.119. The van der Waals surface area contributed by atoms with Crippen LogP contribution in [0.25, 0.3) is 0 Å². The number of amides is 1. The maximum atomic E-state index is 13.6. The number of methoxy groups -OCH3 is 2. The minimum absolute atomic E-state index is 0.00742. The zero-order valence-electron chi connectivity index (χ0n) is 18.9. The van der Waals surface area contributed by atoms with E-state index in [2.05, 4.69) is 12.2 Å². The van der Waals surface area contributed by atoms with E-state index in [4.69, 9.17) is 9.47 Å². The van der Waals surface area contributed by atoms with Crippen LogP contribution in [-0.2, 0) is 9.59 Å². The van der Waals surface area contributed by atoms with E-state index in [0.29, 0.717) is 29.9 Å². The summed E-state index contributed by atoms with van der Waals surface area (Å²) in [5, 5.41) is 3.49. The predicted molar refractivity (Wildman–Crippen MR) is 125 cm³/mol. The summed E-state index contributed by atoms with van der Waals surface area (Å²) in [5.74, 6) is 1.27. The SMILES string of the molecule is CCCCC(=O)N1c2ccccc2NC2=C(C(=O)CCC2)[C@H]1c1ccc(OC)c(OC)c1. The average molecular weight is 435 g/mol. The van der Waals surface area contributed by atoms with Crippen molar-refractivity contribution in [1.82, 2.24) is 0 Å². The first-order chi connectivity index (χ1) is 15.6. The Labute approximate surface area is 189 Å². The van der Waals surface area contributed by atoms with Gasteiger partial charge in [0, 0.05) is 24.1 Å². The van der Waals surface area contributed by atoms with Crippen molar-refractivity contribution in [2.45, 2.75) is 51.5 Å². The molecule has 168 valence electrons. The van der Waals surface area contributed by atoms with Crippen molar-refractivity contribution >= 4 is 23.1 Å². The van der Waals surface area contributed by atoms with Crippen molar-refractivity contribution in [2.75, 3.05) is 24.4 Å². The zero-order valence-corrected chi connectivity index (χ0v) is 18.9. The first-order valence-corrected chi connectivity index (χ1v) is 11.2. The number of rotatable bonds is 6. The molecule has 1 N–H and O–H groups in total. The van der Waals surface area contributed by atoms with Crippen molar-refractivity contribution < 1.29 is 19.1 Å². The summed E-state index contributed by atoms with van der Waals surface area (Å²) in [4.78, 5) is 28.7. The van der Waals surface area contributed by atoms with Crippen LogP contribution in [0.5, 0.6) is 11.5 Å². The van der Waals surface area contributed by atoms with Crippen LogP contribution >= 0.6 is 0 Å². The quantitative estimate of drug-likeness (QED) is 0.659. The summed E-state index contributed by atoms with van der Waals surface area (Å²) >= 11 is 0. The fourth-order valence-corrected chi connectivity index (χ4v) is 4.60. The molecule has 0 saturated carbocycles. The van der Waals surface area contributed by atoms with Gasteiger partial charge in [-0.05, 0) is 49.1 Å². The number of ether oxygens (including phenoxy) is 2. The average Bonchev–Trinajstić information content (AvgIpc) is 2.97. The molecule has 2 aromatic carbocycles. The van der Waals surface area contributed by atoms with E-state index >= 15 is 0 Å². The second-order valence-corrected chi connectivity index (χ2v) is 8.20. The summed E-state index contributed by atoms with van der Waals surface area (Å²) in [7, 11) is 3.18. The van der Waals surface area contributed by atoms with Gasteiger partial charge in [0.15, 0.2) is 17.3 Å². The van der Waals surface area contributed by atoms with Gasteiger partial charge in [0.2, 0.25) is 5.91 Å². The highest BCUT2D eigenvalue weighted by atomic mass is 16.5. The van der Waals surface area contributed by atoms with Crippen molar-refractivity contribution in [3.05, 3.63) is 59.3 Å². The molecule has 1 atom stereocenters. The summed E-state index contributed by atoms with van der Waals surface area (Å²) in [6.45, 7) is 2.07. The predicted octanol–water partition coefficient (Wildman–Crippen LogP) is 5.40. The van der Waals surface area contributed by atoms with E-state index in [9.17, 15) is 9.59 Å². The molecule has 6 heteroatoms. The van der Waals surface area contributed by atoms with Gasteiger partial charge in [-0.3, -0.25) is 14.5 Å². The van der Waals surface area contributed by atoms with E-state index in [0.717, 1.165) is 48.3 Å². The number of para-hydroxylation sites is 2. The molecule has 1 amide bonds. The number of benzene rings is 2. The number of nitrogens with zero attached hydrogens (tertiary/aromatic N) is 1. The van der Waals surface area contributed by atoms with Crippen LogP contribution < -0.4 is 19.7 Å². The topological polar surface area (TPSA) is 67.9 Å². The summed E-state index contributed by atoms with van der Waals surface area (Å²) in [5.41, 5.74) is 4.04. The normalized spacial score (nSPS) is 17.8. The van der Waals surface area contributed by atoms with Gasteiger partial charge in [-0.1, -0.05) is 31.5 Å². The fraction of sp³-hybridized carbons (Fsp3) is 0.385. The van der Waals surface area contributed by atoms with E-state index in [1.54, 1.807) is 14.2 Å². The lowest BCUT2D eigenvalue weighted by Gasteiger charge is -2.34. The van der Waals surface area contributed by atoms with E-state index in [1.165, 1.54) is 0 Å². The third kappa shape index (κ3) is 3.97. The molecule has 1 aliphatic heterocycles. The van der Waals surface area contributed by atoms with Gasteiger partial charge in [0.25, 0.3) is 0 Å². The molecule has 0 saturated heterocycles. The number of nitrogens with one attached hydrogen (secondary N) is 1. The second-order valence-electron chi connectivity index (χ2n) is 8.20. The first kappa shape index (κ1) is 21.9. The highest BCUT2D eigenvalue weighted by Gasteiger charge is 2.39. The Morgan fingerprint density at radius 3 is 2.62 bits per heavy atom. The van der Waals surface area contributed by atoms with Gasteiger partial charge in [0.1, 0.15) is 0 Å². The maximum Gasteiger partial charge on any atom is 0.227 e. The lowest BCUT2D eigenvalue weighted by atomic mass is 9.85. The molecule has 32 heavy (non-hydrogen) atoms. The monoisotopic (exact) mass is 434 g/mol. The summed E-state index contributed by atoms with van der Waals surface area (Å²) in [6.07, 6.45) is 4.20. The number of Topliss-reactive ketones (excluding diaryl/α,β-unsaturated/α-hetero) is 1. The Hall–Kier alpha value is -3.28. The van der Waals surface area contributed by atoms with Crippen molar-refractivity contribution in [3.63, 3.8) is 0 Å². The third-order valence-corrected chi connectivity index (χ3v) is 6.17. The van der Waals surface area contributed by atoms with Crippen LogP contribution in [0.3, 0.4) is 0 Å². The van der Waals surface area contributed by atoms with Gasteiger partial charge in [0.05, 0.1) is 31.6 Å². The molecule has 0 spiro atoms. The Bertz CT molecular complexity index is 1060. The number of hydrogen-bond acceptors (Lipinski definition) is 5. The van der Waals surface area contributed by atoms with E-state index < -0.39 is 6.04 Å². The second kappa shape index (κ2) is 9.47. The standard InChI is InChI=1S/C26H30N2O4/c1-4-5-13-24(30)28-20-11-7-6-9-18(20)27-19-10-8-12-21(29)25(19)26(28)17-14-15-22(31-2)23(16-17)32-3/h6-7,9,11,14-16,26-27H,4-5,8,10,12-13H2,1-3H3/t26-/m1/s1. The van der Waals surface area contributed by atoms with Crippen LogP contribution in [0, 0.1) is 0 Å². The van der Waals surface area contributed by atoms with E-state index in [1.807, 2.05) is 47.4 Å². The fourth-order valence-electron chi connectivity index (χ4n) is 4.60. The highest BCUT2D eigenvalue weighted by Crippen LogP contribution is 2.46. The number of allylic oxidation sites excluding steroid dienone is 1. The molecule has 2 aliphatic rings. The van der Waals surface area contributed by atoms with Crippen LogP contribution in [-0.4, -0.2) is 25.9 Å². The van der Waals surface area contributed by atoms with Gasteiger partial charge in [-0.2, -0.15) is 0 Å². The molecule has 2 aromatic rings. The number of anilines is 2. The Balaban J connectivity index is 1.96. The minimum Gasteiger partial charge on any atom is -0.493 e. The van der Waals surface area contributed by atoms with E-state index in [-0.39, 0.29) is 11.7 Å². The molecular weight excluding hydrogens is 404 g/mol. The molecule has 1 heterocycles. The molecule has 0 fully saturated rings. The first-order valence-electron chi connectivity index (χ1n) is 11.2. The number of fused-ring (bicyclic) bond motifs is 1.